The second-order valence-electron chi connectivity index (χ2n) is 5.26. The lowest BCUT2D eigenvalue weighted by Gasteiger charge is -2.18. The largest absolute Gasteiger partial charge is 0.416 e. The lowest BCUT2D eigenvalue weighted by atomic mass is 9.88. The van der Waals surface area contributed by atoms with Gasteiger partial charge in [-0.25, -0.2) is 0 Å². The summed E-state index contributed by atoms with van der Waals surface area (Å²) in [4.78, 5) is 0. The van der Waals surface area contributed by atoms with E-state index in [2.05, 4.69) is 20.8 Å². The number of hydrogen-bond acceptors (Lipinski definition) is 0. The number of alkyl halides is 3. The molecule has 0 amide bonds. The Hall–Kier alpha value is -0.990. The van der Waals surface area contributed by atoms with Gasteiger partial charge in [-0.2, -0.15) is 13.2 Å². The monoisotopic (exact) mass is 230 g/mol. The highest BCUT2D eigenvalue weighted by Gasteiger charge is 2.30. The van der Waals surface area contributed by atoms with Crippen molar-refractivity contribution in [2.45, 2.75) is 39.8 Å². The summed E-state index contributed by atoms with van der Waals surface area (Å²) in [7, 11) is 0. The van der Waals surface area contributed by atoms with Crippen LogP contribution in [0.25, 0.3) is 0 Å². The fourth-order valence-electron chi connectivity index (χ4n) is 1.42. The summed E-state index contributed by atoms with van der Waals surface area (Å²) in [6.45, 7) is 6.25. The number of benzene rings is 1. The highest BCUT2D eigenvalue weighted by molar-refractivity contribution is 5.25. The van der Waals surface area contributed by atoms with Crippen LogP contribution >= 0.6 is 0 Å². The Bertz CT molecular complexity index is 345. The molecule has 0 saturated carbocycles. The zero-order chi connectivity index (χ0) is 12.4. The molecule has 0 aliphatic heterocycles. The number of rotatable bonds is 2. The van der Waals surface area contributed by atoms with E-state index in [1.165, 1.54) is 12.1 Å². The molecule has 0 fully saturated rings. The second kappa shape index (κ2) is 4.48. The predicted octanol–water partition coefficient (Wildman–Crippen LogP) is 4.68. The summed E-state index contributed by atoms with van der Waals surface area (Å²) < 4.78 is 37.3. The van der Waals surface area contributed by atoms with Crippen molar-refractivity contribution in [3.05, 3.63) is 35.4 Å². The van der Waals surface area contributed by atoms with Crippen LogP contribution in [-0.2, 0) is 12.6 Å². The summed E-state index contributed by atoms with van der Waals surface area (Å²) in [6, 6.07) is 5.58. The normalized spacial score (nSPS) is 12.9. The Morgan fingerprint density at radius 1 is 1.06 bits per heavy atom. The van der Waals surface area contributed by atoms with E-state index < -0.39 is 11.7 Å². The van der Waals surface area contributed by atoms with Gasteiger partial charge in [-0.3, -0.25) is 0 Å². The van der Waals surface area contributed by atoms with Crippen LogP contribution in [0.1, 0.15) is 38.3 Å². The number of hydrogen-bond donors (Lipinski definition) is 0. The van der Waals surface area contributed by atoms with E-state index in [4.69, 9.17) is 0 Å². The van der Waals surface area contributed by atoms with E-state index in [0.717, 1.165) is 18.1 Å². The first-order valence-corrected chi connectivity index (χ1v) is 5.35. The first kappa shape index (κ1) is 13.1. The molecule has 0 unspecified atom stereocenters. The summed E-state index contributed by atoms with van der Waals surface area (Å²) in [5, 5.41) is 0. The minimum Gasteiger partial charge on any atom is -0.166 e. The molecule has 1 rings (SSSR count). The summed E-state index contributed by atoms with van der Waals surface area (Å²) >= 11 is 0. The van der Waals surface area contributed by atoms with Crippen molar-refractivity contribution in [3.63, 3.8) is 0 Å². The topological polar surface area (TPSA) is 0 Å². The maximum absolute atomic E-state index is 12.4. The van der Waals surface area contributed by atoms with Gasteiger partial charge in [0.05, 0.1) is 5.56 Å². The maximum Gasteiger partial charge on any atom is 0.416 e. The van der Waals surface area contributed by atoms with Gasteiger partial charge < -0.3 is 0 Å². The van der Waals surface area contributed by atoms with Crippen molar-refractivity contribution in [2.75, 3.05) is 0 Å². The van der Waals surface area contributed by atoms with Gasteiger partial charge in [0.1, 0.15) is 0 Å². The van der Waals surface area contributed by atoms with Gasteiger partial charge in [-0.05, 0) is 29.9 Å². The highest BCUT2D eigenvalue weighted by Crippen LogP contribution is 2.30. The van der Waals surface area contributed by atoms with Crippen LogP contribution in [0, 0.1) is 5.41 Å². The Morgan fingerprint density at radius 3 is 2.19 bits per heavy atom. The highest BCUT2D eigenvalue weighted by atomic mass is 19.4. The zero-order valence-corrected chi connectivity index (χ0v) is 9.86. The molecule has 0 spiro atoms. The molecule has 0 radical (unpaired) electrons. The van der Waals surface area contributed by atoms with E-state index in [1.54, 1.807) is 6.07 Å². The van der Waals surface area contributed by atoms with Crippen molar-refractivity contribution in [2.24, 2.45) is 5.41 Å². The molecule has 1 aromatic rings. The molecule has 0 N–H and O–H groups in total. The molecule has 0 saturated heterocycles. The first-order chi connectivity index (χ1) is 7.18. The van der Waals surface area contributed by atoms with Gasteiger partial charge in [-0.1, -0.05) is 39.0 Å². The average Bonchev–Trinajstić information content (AvgIpc) is 2.13. The lowest BCUT2D eigenvalue weighted by Crippen LogP contribution is -2.08. The van der Waals surface area contributed by atoms with Crippen molar-refractivity contribution >= 4 is 0 Å². The molecule has 0 bridgehead atoms. The van der Waals surface area contributed by atoms with Crippen molar-refractivity contribution < 1.29 is 13.2 Å². The fraction of sp³-hybridized carbons (Fsp3) is 0.538. The summed E-state index contributed by atoms with van der Waals surface area (Å²) in [5.41, 5.74) is 0.345. The van der Waals surface area contributed by atoms with Crippen LogP contribution in [0.4, 0.5) is 13.2 Å². The fourth-order valence-corrected chi connectivity index (χ4v) is 1.42. The number of aryl methyl sites for hydroxylation is 1. The van der Waals surface area contributed by atoms with Crippen LogP contribution in [-0.4, -0.2) is 0 Å². The molecule has 0 aromatic heterocycles. The molecule has 0 aliphatic rings. The third-order valence-corrected chi connectivity index (χ3v) is 2.42. The van der Waals surface area contributed by atoms with E-state index in [9.17, 15) is 13.2 Å². The van der Waals surface area contributed by atoms with Crippen LogP contribution in [0.3, 0.4) is 0 Å². The Balaban J connectivity index is 2.76. The molecule has 0 nitrogen and oxygen atoms in total. The Morgan fingerprint density at radius 2 is 1.69 bits per heavy atom. The smallest absolute Gasteiger partial charge is 0.166 e. The Kier molecular flexibility index (Phi) is 3.66. The van der Waals surface area contributed by atoms with Crippen molar-refractivity contribution in [3.8, 4) is 0 Å². The SMILES string of the molecule is CC(C)(C)CCc1cccc(C(F)(F)F)c1. The van der Waals surface area contributed by atoms with Gasteiger partial charge >= 0.3 is 6.18 Å². The van der Waals surface area contributed by atoms with Crippen LogP contribution in [0.5, 0.6) is 0 Å². The van der Waals surface area contributed by atoms with E-state index in [-0.39, 0.29) is 5.41 Å². The molecular weight excluding hydrogens is 213 g/mol. The van der Waals surface area contributed by atoms with Gasteiger partial charge in [0.25, 0.3) is 0 Å². The van der Waals surface area contributed by atoms with E-state index in [1.807, 2.05) is 0 Å². The predicted molar refractivity (Wildman–Crippen MR) is 59.2 cm³/mol. The molecule has 90 valence electrons. The van der Waals surface area contributed by atoms with Gasteiger partial charge in [-0.15, -0.1) is 0 Å². The van der Waals surface area contributed by atoms with Gasteiger partial charge in [0, 0.05) is 0 Å². The molecule has 0 atom stereocenters. The molecular formula is C13H17F3. The third kappa shape index (κ3) is 4.25. The quantitative estimate of drug-likeness (QED) is 0.691. The van der Waals surface area contributed by atoms with Gasteiger partial charge in [0.2, 0.25) is 0 Å². The van der Waals surface area contributed by atoms with Crippen molar-refractivity contribution in [1.29, 1.82) is 0 Å². The minimum absolute atomic E-state index is 0.147. The third-order valence-electron chi connectivity index (χ3n) is 2.42. The second-order valence-corrected chi connectivity index (χ2v) is 5.26. The van der Waals surface area contributed by atoms with E-state index in [0.29, 0.717) is 6.42 Å². The minimum atomic E-state index is -4.24. The summed E-state index contributed by atoms with van der Waals surface area (Å²) in [5.74, 6) is 0. The zero-order valence-electron chi connectivity index (χ0n) is 9.86. The van der Waals surface area contributed by atoms with Crippen molar-refractivity contribution in [1.82, 2.24) is 0 Å². The molecule has 1 aromatic carbocycles. The number of halogens is 3. The van der Waals surface area contributed by atoms with Crippen LogP contribution < -0.4 is 0 Å². The maximum atomic E-state index is 12.4. The standard InChI is InChI=1S/C13H17F3/c1-12(2,3)8-7-10-5-4-6-11(9-10)13(14,15)16/h4-6,9H,7-8H2,1-3H3. The van der Waals surface area contributed by atoms with E-state index >= 15 is 0 Å². The van der Waals surface area contributed by atoms with Crippen LogP contribution in [0.15, 0.2) is 24.3 Å². The molecule has 3 heteroatoms. The Labute approximate surface area is 94.5 Å². The van der Waals surface area contributed by atoms with Gasteiger partial charge in [0.15, 0.2) is 0 Å². The molecule has 16 heavy (non-hydrogen) atoms. The van der Waals surface area contributed by atoms with Crippen LogP contribution in [0.2, 0.25) is 0 Å². The lowest BCUT2D eigenvalue weighted by molar-refractivity contribution is -0.137. The molecule has 0 heterocycles. The average molecular weight is 230 g/mol. The molecule has 0 aliphatic carbocycles. The summed E-state index contributed by atoms with van der Waals surface area (Å²) in [6.07, 6.45) is -2.67. The first-order valence-electron chi connectivity index (χ1n) is 5.35.